The van der Waals surface area contributed by atoms with Crippen LogP contribution in [0, 0.1) is 0 Å². The number of hydrogen-bond acceptors (Lipinski definition) is 3. The molecule has 0 unspecified atom stereocenters. The summed E-state index contributed by atoms with van der Waals surface area (Å²) in [5, 5.41) is 1.99. The zero-order valence-electron chi connectivity index (χ0n) is 8.86. The quantitative estimate of drug-likeness (QED) is 0.587. The number of rotatable bonds is 4. The maximum absolute atomic E-state index is 12.4. The standard InChI is InChI=1S/C9H14F3NO2/c1-4-6(8(14)15-5-2)7(13-3)9(10,11)12/h13H,4-5H2,1-3H3/b7-6-. The summed E-state index contributed by atoms with van der Waals surface area (Å²) in [6, 6.07) is 0. The third kappa shape index (κ3) is 3.81. The molecule has 0 aliphatic heterocycles. The molecular formula is C9H14F3NO2. The third-order valence-corrected chi connectivity index (χ3v) is 1.71. The second kappa shape index (κ2) is 5.63. The molecule has 0 rings (SSSR count). The Labute approximate surface area is 86.3 Å². The largest absolute Gasteiger partial charge is 0.463 e. The Balaban J connectivity index is 5.16. The van der Waals surface area contributed by atoms with Gasteiger partial charge in [-0.25, -0.2) is 4.79 Å². The van der Waals surface area contributed by atoms with Gasteiger partial charge in [-0.3, -0.25) is 0 Å². The summed E-state index contributed by atoms with van der Waals surface area (Å²) in [5.41, 5.74) is -1.42. The highest BCUT2D eigenvalue weighted by Gasteiger charge is 2.37. The monoisotopic (exact) mass is 225 g/mol. The minimum atomic E-state index is -4.56. The number of carbonyl (C=O) groups excluding carboxylic acids is 1. The zero-order valence-corrected chi connectivity index (χ0v) is 8.86. The van der Waals surface area contributed by atoms with Crippen molar-refractivity contribution in [1.29, 1.82) is 0 Å². The topological polar surface area (TPSA) is 38.3 Å². The van der Waals surface area contributed by atoms with E-state index in [9.17, 15) is 18.0 Å². The van der Waals surface area contributed by atoms with Crippen LogP contribution in [0.3, 0.4) is 0 Å². The number of ether oxygens (including phenoxy) is 1. The Morgan fingerprint density at radius 1 is 1.33 bits per heavy atom. The summed E-state index contributed by atoms with van der Waals surface area (Å²) in [6.45, 7) is 3.06. The van der Waals surface area contributed by atoms with Crippen molar-refractivity contribution < 1.29 is 22.7 Å². The molecule has 0 aromatic heterocycles. The summed E-state index contributed by atoms with van der Waals surface area (Å²) in [5.74, 6) is -0.929. The molecule has 0 aliphatic carbocycles. The molecule has 0 radical (unpaired) electrons. The lowest BCUT2D eigenvalue weighted by Crippen LogP contribution is -2.28. The molecule has 0 fully saturated rings. The van der Waals surface area contributed by atoms with Crippen molar-refractivity contribution in [1.82, 2.24) is 5.32 Å². The summed E-state index contributed by atoms with van der Waals surface area (Å²) < 4.78 is 41.8. The highest BCUT2D eigenvalue weighted by molar-refractivity contribution is 5.89. The Morgan fingerprint density at radius 3 is 2.13 bits per heavy atom. The van der Waals surface area contributed by atoms with Crippen molar-refractivity contribution in [2.75, 3.05) is 13.7 Å². The van der Waals surface area contributed by atoms with Gasteiger partial charge in [0.05, 0.1) is 12.2 Å². The molecule has 15 heavy (non-hydrogen) atoms. The lowest BCUT2D eigenvalue weighted by atomic mass is 10.1. The number of alkyl halides is 3. The van der Waals surface area contributed by atoms with Gasteiger partial charge < -0.3 is 10.1 Å². The first-order valence-corrected chi connectivity index (χ1v) is 4.53. The van der Waals surface area contributed by atoms with Gasteiger partial charge in [0.2, 0.25) is 0 Å². The van der Waals surface area contributed by atoms with Crippen molar-refractivity contribution in [3.63, 3.8) is 0 Å². The van der Waals surface area contributed by atoms with Gasteiger partial charge in [0, 0.05) is 7.05 Å². The van der Waals surface area contributed by atoms with E-state index in [1.807, 2.05) is 5.32 Å². The number of carbonyl (C=O) groups is 1. The van der Waals surface area contributed by atoms with Crippen LogP contribution in [0.5, 0.6) is 0 Å². The highest BCUT2D eigenvalue weighted by atomic mass is 19.4. The van der Waals surface area contributed by atoms with Crippen LogP contribution < -0.4 is 5.32 Å². The van der Waals surface area contributed by atoms with Crippen LogP contribution in [-0.4, -0.2) is 25.8 Å². The lowest BCUT2D eigenvalue weighted by Gasteiger charge is -2.15. The second-order valence-corrected chi connectivity index (χ2v) is 2.68. The molecule has 1 N–H and O–H groups in total. The molecule has 0 bridgehead atoms. The molecule has 3 nitrogen and oxygen atoms in total. The van der Waals surface area contributed by atoms with Crippen molar-refractivity contribution in [2.45, 2.75) is 26.4 Å². The van der Waals surface area contributed by atoms with Crippen molar-refractivity contribution in [3.8, 4) is 0 Å². The van der Waals surface area contributed by atoms with Crippen molar-refractivity contribution >= 4 is 5.97 Å². The Hall–Kier alpha value is -1.20. The van der Waals surface area contributed by atoms with Crippen LogP contribution in [0.15, 0.2) is 11.3 Å². The van der Waals surface area contributed by atoms with Crippen molar-refractivity contribution in [3.05, 3.63) is 11.3 Å². The van der Waals surface area contributed by atoms with Crippen LogP contribution in [0.1, 0.15) is 20.3 Å². The predicted octanol–water partition coefficient (Wildman–Crippen LogP) is 2.00. The minimum Gasteiger partial charge on any atom is -0.463 e. The van der Waals surface area contributed by atoms with E-state index in [0.717, 1.165) is 7.05 Å². The van der Waals surface area contributed by atoms with E-state index in [1.165, 1.54) is 13.8 Å². The van der Waals surface area contributed by atoms with Crippen LogP contribution >= 0.6 is 0 Å². The molecule has 6 heteroatoms. The van der Waals surface area contributed by atoms with Crippen LogP contribution in [0.4, 0.5) is 13.2 Å². The van der Waals surface area contributed by atoms with Crippen LogP contribution in [0.25, 0.3) is 0 Å². The van der Waals surface area contributed by atoms with Gasteiger partial charge in [-0.05, 0) is 13.3 Å². The number of halogens is 3. The fourth-order valence-electron chi connectivity index (χ4n) is 1.11. The number of esters is 1. The van der Waals surface area contributed by atoms with E-state index in [0.29, 0.717) is 0 Å². The van der Waals surface area contributed by atoms with Gasteiger partial charge in [0.25, 0.3) is 0 Å². The van der Waals surface area contributed by atoms with Gasteiger partial charge >= 0.3 is 12.1 Å². The summed E-state index contributed by atoms with van der Waals surface area (Å²) >= 11 is 0. The Kier molecular flexibility index (Phi) is 5.18. The van der Waals surface area contributed by atoms with Gasteiger partial charge in [-0.2, -0.15) is 13.2 Å². The van der Waals surface area contributed by atoms with E-state index in [-0.39, 0.29) is 18.6 Å². The normalized spacial score (nSPS) is 13.2. The molecule has 0 saturated heterocycles. The summed E-state index contributed by atoms with van der Waals surface area (Å²) in [4.78, 5) is 11.2. The molecule has 0 atom stereocenters. The number of nitrogens with one attached hydrogen (secondary N) is 1. The maximum Gasteiger partial charge on any atom is 0.431 e. The van der Waals surface area contributed by atoms with E-state index in [2.05, 4.69) is 4.74 Å². The van der Waals surface area contributed by atoms with Gasteiger partial charge in [0.1, 0.15) is 5.70 Å². The maximum atomic E-state index is 12.4. The SMILES string of the molecule is CCOC(=O)/C(CC)=C(\NC)C(F)(F)F. The molecule has 0 amide bonds. The molecule has 0 spiro atoms. The average Bonchev–Trinajstić information content (AvgIpc) is 2.11. The smallest absolute Gasteiger partial charge is 0.431 e. The predicted molar refractivity (Wildman–Crippen MR) is 49.1 cm³/mol. The highest BCUT2D eigenvalue weighted by Crippen LogP contribution is 2.27. The average molecular weight is 225 g/mol. The first kappa shape index (κ1) is 13.8. The molecular weight excluding hydrogens is 211 g/mol. The lowest BCUT2D eigenvalue weighted by molar-refractivity contribution is -0.140. The minimum absolute atomic E-state index is 0.0332. The van der Waals surface area contributed by atoms with Crippen molar-refractivity contribution in [2.24, 2.45) is 0 Å². The third-order valence-electron chi connectivity index (χ3n) is 1.71. The summed E-state index contributed by atoms with van der Waals surface area (Å²) in [7, 11) is 1.12. The van der Waals surface area contributed by atoms with Gasteiger partial charge in [0.15, 0.2) is 0 Å². The van der Waals surface area contributed by atoms with Crippen LogP contribution in [-0.2, 0) is 9.53 Å². The van der Waals surface area contributed by atoms with E-state index >= 15 is 0 Å². The number of allylic oxidation sites excluding steroid dienone is 1. The van der Waals surface area contributed by atoms with E-state index < -0.39 is 17.8 Å². The first-order chi connectivity index (χ1) is 6.88. The fraction of sp³-hybridized carbons (Fsp3) is 0.667. The van der Waals surface area contributed by atoms with Gasteiger partial charge in [-0.15, -0.1) is 0 Å². The first-order valence-electron chi connectivity index (χ1n) is 4.53. The Morgan fingerprint density at radius 2 is 1.87 bits per heavy atom. The van der Waals surface area contributed by atoms with E-state index in [1.54, 1.807) is 0 Å². The molecule has 0 aromatic rings. The Bertz CT molecular complexity index is 259. The molecule has 0 heterocycles. The van der Waals surface area contributed by atoms with Gasteiger partial charge in [-0.1, -0.05) is 6.92 Å². The number of hydrogen-bond donors (Lipinski definition) is 1. The molecule has 0 aliphatic rings. The summed E-state index contributed by atoms with van der Waals surface area (Å²) in [6.07, 6.45) is -4.60. The van der Waals surface area contributed by atoms with E-state index in [4.69, 9.17) is 0 Å². The van der Waals surface area contributed by atoms with Crippen LogP contribution in [0.2, 0.25) is 0 Å². The second-order valence-electron chi connectivity index (χ2n) is 2.68. The fourth-order valence-corrected chi connectivity index (χ4v) is 1.11. The molecule has 88 valence electrons. The molecule has 0 saturated carbocycles. The molecule has 0 aromatic carbocycles. The zero-order chi connectivity index (χ0) is 12.1.